The molecule has 1 N–H and O–H groups in total. The first-order valence-corrected chi connectivity index (χ1v) is 5.33. The third-order valence-corrected chi connectivity index (χ3v) is 2.36. The SMILES string of the molecule is Fc1cc(C(F)(F)F)ccc1NCCc1ncno1. The van der Waals surface area contributed by atoms with Crippen molar-refractivity contribution in [3.63, 3.8) is 0 Å². The summed E-state index contributed by atoms with van der Waals surface area (Å²) in [5, 5.41) is 6.05. The minimum absolute atomic E-state index is 0.00693. The number of benzene rings is 1. The quantitative estimate of drug-likeness (QED) is 0.872. The van der Waals surface area contributed by atoms with Crippen LogP contribution in [0.4, 0.5) is 23.2 Å². The lowest BCUT2D eigenvalue weighted by Gasteiger charge is -2.10. The van der Waals surface area contributed by atoms with E-state index in [0.717, 1.165) is 12.1 Å². The summed E-state index contributed by atoms with van der Waals surface area (Å²) in [5.41, 5.74) is -1.03. The average molecular weight is 275 g/mol. The van der Waals surface area contributed by atoms with Gasteiger partial charge in [-0.05, 0) is 18.2 Å². The summed E-state index contributed by atoms with van der Waals surface area (Å²) >= 11 is 0. The Morgan fingerprint density at radius 3 is 2.63 bits per heavy atom. The van der Waals surface area contributed by atoms with E-state index in [4.69, 9.17) is 4.52 Å². The van der Waals surface area contributed by atoms with E-state index in [2.05, 4.69) is 15.5 Å². The van der Waals surface area contributed by atoms with Crippen molar-refractivity contribution < 1.29 is 22.1 Å². The first-order chi connectivity index (χ1) is 8.97. The molecule has 0 bridgehead atoms. The monoisotopic (exact) mass is 275 g/mol. The number of aromatic nitrogens is 2. The Hall–Kier alpha value is -2.12. The summed E-state index contributed by atoms with van der Waals surface area (Å²) in [5.74, 6) is -0.597. The molecule has 0 spiro atoms. The zero-order valence-corrected chi connectivity index (χ0v) is 9.54. The molecule has 1 aromatic heterocycles. The Bertz CT molecular complexity index is 539. The maximum Gasteiger partial charge on any atom is 0.416 e. The third-order valence-electron chi connectivity index (χ3n) is 2.36. The molecule has 8 heteroatoms. The highest BCUT2D eigenvalue weighted by Gasteiger charge is 2.31. The van der Waals surface area contributed by atoms with E-state index >= 15 is 0 Å². The van der Waals surface area contributed by atoms with Crippen LogP contribution in [0.15, 0.2) is 29.0 Å². The molecule has 2 rings (SSSR count). The van der Waals surface area contributed by atoms with E-state index in [1.165, 1.54) is 6.33 Å². The number of halogens is 4. The fourth-order valence-electron chi connectivity index (χ4n) is 1.45. The predicted molar refractivity (Wildman–Crippen MR) is 57.9 cm³/mol. The molecule has 0 aliphatic carbocycles. The van der Waals surface area contributed by atoms with Gasteiger partial charge in [-0.2, -0.15) is 18.2 Å². The number of anilines is 1. The second-order valence-electron chi connectivity index (χ2n) is 3.70. The van der Waals surface area contributed by atoms with Gasteiger partial charge in [-0.1, -0.05) is 5.16 Å². The van der Waals surface area contributed by atoms with E-state index in [9.17, 15) is 17.6 Å². The van der Waals surface area contributed by atoms with Crippen LogP contribution in [0.1, 0.15) is 11.5 Å². The zero-order chi connectivity index (χ0) is 13.9. The summed E-state index contributed by atoms with van der Waals surface area (Å²) in [6.45, 7) is 0.268. The summed E-state index contributed by atoms with van der Waals surface area (Å²) < 4.78 is 55.1. The van der Waals surface area contributed by atoms with Crippen LogP contribution < -0.4 is 5.32 Å². The predicted octanol–water partition coefficient (Wildman–Crippen LogP) is 2.88. The fraction of sp³-hybridized carbons (Fsp3) is 0.273. The Kier molecular flexibility index (Phi) is 3.68. The van der Waals surface area contributed by atoms with Crippen LogP contribution in [0.3, 0.4) is 0 Å². The average Bonchev–Trinajstić information content (AvgIpc) is 2.83. The van der Waals surface area contributed by atoms with Gasteiger partial charge in [-0.15, -0.1) is 0 Å². The van der Waals surface area contributed by atoms with Crippen LogP contribution in [-0.2, 0) is 12.6 Å². The van der Waals surface area contributed by atoms with E-state index in [-0.39, 0.29) is 12.2 Å². The summed E-state index contributed by atoms with van der Waals surface area (Å²) in [7, 11) is 0. The molecule has 0 saturated carbocycles. The number of hydrogen-bond acceptors (Lipinski definition) is 4. The van der Waals surface area contributed by atoms with Crippen molar-refractivity contribution in [2.45, 2.75) is 12.6 Å². The molecule has 2 aromatic rings. The maximum atomic E-state index is 13.4. The molecule has 102 valence electrons. The van der Waals surface area contributed by atoms with Crippen molar-refractivity contribution >= 4 is 5.69 Å². The molecule has 4 nitrogen and oxygen atoms in total. The molecule has 0 aliphatic rings. The highest BCUT2D eigenvalue weighted by Crippen LogP contribution is 2.31. The van der Waals surface area contributed by atoms with Crippen molar-refractivity contribution in [1.82, 2.24) is 10.1 Å². The molecule has 0 unspecified atom stereocenters. The first kappa shape index (κ1) is 13.3. The van der Waals surface area contributed by atoms with Crippen LogP contribution in [0.2, 0.25) is 0 Å². The number of nitrogens with one attached hydrogen (secondary N) is 1. The standard InChI is InChI=1S/C11H9F4N3O/c12-8-5-7(11(13,14)15)1-2-9(8)16-4-3-10-17-6-18-19-10/h1-2,5-6,16H,3-4H2. The van der Waals surface area contributed by atoms with Gasteiger partial charge in [-0.25, -0.2) is 4.39 Å². The Balaban J connectivity index is 1.97. The van der Waals surface area contributed by atoms with Crippen molar-refractivity contribution in [1.29, 1.82) is 0 Å². The van der Waals surface area contributed by atoms with Crippen LogP contribution >= 0.6 is 0 Å². The second-order valence-corrected chi connectivity index (χ2v) is 3.70. The van der Waals surface area contributed by atoms with Gasteiger partial charge in [0.1, 0.15) is 5.82 Å². The maximum absolute atomic E-state index is 13.4. The van der Waals surface area contributed by atoms with Gasteiger partial charge in [0.15, 0.2) is 6.33 Å². The second kappa shape index (κ2) is 5.25. The molecule has 0 saturated heterocycles. The van der Waals surface area contributed by atoms with Crippen LogP contribution in [0.25, 0.3) is 0 Å². The molecule has 1 aromatic carbocycles. The lowest BCUT2D eigenvalue weighted by atomic mass is 10.2. The van der Waals surface area contributed by atoms with E-state index in [1.807, 2.05) is 0 Å². The molecular weight excluding hydrogens is 266 g/mol. The van der Waals surface area contributed by atoms with Gasteiger partial charge in [0, 0.05) is 13.0 Å². The smallest absolute Gasteiger partial charge is 0.382 e. The van der Waals surface area contributed by atoms with Gasteiger partial charge >= 0.3 is 6.18 Å². The summed E-state index contributed by atoms with van der Waals surface area (Å²) in [6.07, 6.45) is -2.97. The van der Waals surface area contributed by atoms with E-state index in [1.54, 1.807) is 0 Å². The third kappa shape index (κ3) is 3.43. The van der Waals surface area contributed by atoms with Gasteiger partial charge in [0.05, 0.1) is 11.3 Å². The minimum atomic E-state index is -4.55. The highest BCUT2D eigenvalue weighted by atomic mass is 19.4. The van der Waals surface area contributed by atoms with Crippen molar-refractivity contribution in [2.24, 2.45) is 0 Å². The first-order valence-electron chi connectivity index (χ1n) is 5.33. The lowest BCUT2D eigenvalue weighted by molar-refractivity contribution is -0.137. The number of nitrogens with zero attached hydrogens (tertiary/aromatic N) is 2. The van der Waals surface area contributed by atoms with Gasteiger partial charge in [0.2, 0.25) is 5.89 Å². The summed E-state index contributed by atoms with van der Waals surface area (Å²) in [4.78, 5) is 3.76. The van der Waals surface area contributed by atoms with Crippen LogP contribution in [-0.4, -0.2) is 16.7 Å². The van der Waals surface area contributed by atoms with E-state index < -0.39 is 17.6 Å². The molecule has 0 radical (unpaired) electrons. The van der Waals surface area contributed by atoms with Crippen molar-refractivity contribution in [2.75, 3.05) is 11.9 Å². The fourth-order valence-corrected chi connectivity index (χ4v) is 1.45. The minimum Gasteiger partial charge on any atom is -0.382 e. The molecule has 0 atom stereocenters. The molecule has 1 heterocycles. The Labute approximate surface area is 105 Å². The van der Waals surface area contributed by atoms with Gasteiger partial charge < -0.3 is 9.84 Å². The van der Waals surface area contributed by atoms with Crippen LogP contribution in [0.5, 0.6) is 0 Å². The number of rotatable bonds is 4. The highest BCUT2D eigenvalue weighted by molar-refractivity contribution is 5.46. The largest absolute Gasteiger partial charge is 0.416 e. The van der Waals surface area contributed by atoms with E-state index in [0.29, 0.717) is 18.4 Å². The van der Waals surface area contributed by atoms with Crippen LogP contribution in [0, 0.1) is 5.82 Å². The molecule has 0 aliphatic heterocycles. The summed E-state index contributed by atoms with van der Waals surface area (Å²) in [6, 6.07) is 2.32. The number of alkyl halides is 3. The Morgan fingerprint density at radius 1 is 1.26 bits per heavy atom. The Morgan fingerprint density at radius 2 is 2.05 bits per heavy atom. The molecule has 0 fully saturated rings. The lowest BCUT2D eigenvalue weighted by Crippen LogP contribution is -2.09. The van der Waals surface area contributed by atoms with Crippen molar-refractivity contribution in [3.8, 4) is 0 Å². The van der Waals surface area contributed by atoms with Crippen molar-refractivity contribution in [3.05, 3.63) is 41.8 Å². The zero-order valence-electron chi connectivity index (χ0n) is 9.54. The topological polar surface area (TPSA) is 51.0 Å². The van der Waals surface area contributed by atoms with Gasteiger partial charge in [-0.3, -0.25) is 0 Å². The normalized spacial score (nSPS) is 11.6. The number of hydrogen-bond donors (Lipinski definition) is 1. The molecule has 19 heavy (non-hydrogen) atoms. The molecular formula is C11H9F4N3O. The molecule has 0 amide bonds. The van der Waals surface area contributed by atoms with Gasteiger partial charge in [0.25, 0.3) is 0 Å².